The molecule has 1 heterocycles. The third-order valence-electron chi connectivity index (χ3n) is 2.87. The van der Waals surface area contributed by atoms with Crippen molar-refractivity contribution in [2.75, 3.05) is 0 Å². The second kappa shape index (κ2) is 4.71. The van der Waals surface area contributed by atoms with Crippen molar-refractivity contribution in [2.24, 2.45) is 0 Å². The molecule has 1 aromatic heterocycles. The summed E-state index contributed by atoms with van der Waals surface area (Å²) in [5.74, 6) is -0.387. The highest BCUT2D eigenvalue weighted by Crippen LogP contribution is 2.27. The van der Waals surface area contributed by atoms with Gasteiger partial charge in [0.2, 0.25) is 0 Å². The third-order valence-corrected chi connectivity index (χ3v) is 3.42. The first-order valence-electron chi connectivity index (χ1n) is 5.61. The van der Waals surface area contributed by atoms with Crippen molar-refractivity contribution in [3.8, 4) is 5.69 Å². The van der Waals surface area contributed by atoms with Crippen molar-refractivity contribution in [3.63, 3.8) is 0 Å². The summed E-state index contributed by atoms with van der Waals surface area (Å²) in [6.45, 7) is 5.22. The van der Waals surface area contributed by atoms with Crippen LogP contribution in [0, 0.1) is 19.7 Å². The van der Waals surface area contributed by atoms with Crippen molar-refractivity contribution >= 4 is 11.6 Å². The quantitative estimate of drug-likeness (QED) is 0.907. The van der Waals surface area contributed by atoms with Crippen LogP contribution in [0.15, 0.2) is 18.2 Å². The average Bonchev–Trinajstić information content (AvgIpc) is 2.57. The number of aliphatic hydroxyl groups excluding tert-OH is 1. The van der Waals surface area contributed by atoms with Gasteiger partial charge in [-0.25, -0.2) is 9.07 Å². The summed E-state index contributed by atoms with van der Waals surface area (Å²) < 4.78 is 14.9. The maximum absolute atomic E-state index is 13.2. The van der Waals surface area contributed by atoms with Crippen LogP contribution in [0.5, 0.6) is 0 Å². The predicted octanol–water partition coefficient (Wildman–Crippen LogP) is 3.33. The number of aryl methyl sites for hydroxylation is 1. The monoisotopic (exact) mass is 268 g/mol. The average molecular weight is 269 g/mol. The number of rotatable bonds is 2. The molecule has 0 saturated carbocycles. The fourth-order valence-electron chi connectivity index (χ4n) is 1.91. The number of nitrogens with zero attached hydrogens (tertiary/aromatic N) is 2. The molecule has 3 nitrogen and oxygen atoms in total. The van der Waals surface area contributed by atoms with E-state index in [0.29, 0.717) is 22.0 Å². The van der Waals surface area contributed by atoms with Gasteiger partial charge in [-0.1, -0.05) is 11.6 Å². The zero-order chi connectivity index (χ0) is 13.4. The molecule has 0 unspecified atom stereocenters. The van der Waals surface area contributed by atoms with Crippen molar-refractivity contribution < 1.29 is 9.50 Å². The molecule has 18 heavy (non-hydrogen) atoms. The summed E-state index contributed by atoms with van der Waals surface area (Å²) >= 11 is 6.09. The van der Waals surface area contributed by atoms with E-state index < -0.39 is 6.10 Å². The van der Waals surface area contributed by atoms with Crippen molar-refractivity contribution in [2.45, 2.75) is 26.9 Å². The van der Waals surface area contributed by atoms with E-state index in [0.717, 1.165) is 5.69 Å². The van der Waals surface area contributed by atoms with E-state index in [2.05, 4.69) is 5.10 Å². The fraction of sp³-hybridized carbons (Fsp3) is 0.308. The Labute approximate surface area is 110 Å². The van der Waals surface area contributed by atoms with E-state index in [1.807, 2.05) is 6.92 Å². The SMILES string of the molecule is Cc1nn(-c2ccc(F)cc2[C@@H](C)O)c(C)c1Cl. The van der Waals surface area contributed by atoms with Crippen LogP contribution in [0.2, 0.25) is 5.02 Å². The lowest BCUT2D eigenvalue weighted by Crippen LogP contribution is -2.06. The third kappa shape index (κ3) is 2.13. The van der Waals surface area contributed by atoms with E-state index in [1.54, 1.807) is 24.6 Å². The molecule has 5 heteroatoms. The summed E-state index contributed by atoms with van der Waals surface area (Å²) in [6, 6.07) is 4.24. The molecule has 0 amide bonds. The standard InChI is InChI=1S/C13H14ClFN2O/c1-7-13(14)8(2)17(16-7)12-5-4-10(15)6-11(12)9(3)18/h4-6,9,18H,1-3H3/t9-/m1/s1. The number of benzene rings is 1. The Bertz CT molecular complexity index is 593. The molecule has 0 aliphatic rings. The second-order valence-electron chi connectivity index (χ2n) is 4.28. The van der Waals surface area contributed by atoms with Gasteiger partial charge >= 0.3 is 0 Å². The topological polar surface area (TPSA) is 38.0 Å². The minimum Gasteiger partial charge on any atom is -0.389 e. The van der Waals surface area contributed by atoms with Crippen LogP contribution in [-0.2, 0) is 0 Å². The Morgan fingerprint density at radius 2 is 2.06 bits per heavy atom. The van der Waals surface area contributed by atoms with Crippen LogP contribution in [0.1, 0.15) is 30.0 Å². The van der Waals surface area contributed by atoms with Crippen molar-refractivity contribution in [3.05, 3.63) is 46.0 Å². The number of aliphatic hydroxyl groups is 1. The molecule has 0 bridgehead atoms. The molecule has 1 N–H and O–H groups in total. The van der Waals surface area contributed by atoms with Gasteiger partial charge in [0.25, 0.3) is 0 Å². The largest absolute Gasteiger partial charge is 0.389 e. The molecule has 0 saturated heterocycles. The smallest absolute Gasteiger partial charge is 0.123 e. The van der Waals surface area contributed by atoms with E-state index in [1.165, 1.54) is 12.1 Å². The number of aromatic nitrogens is 2. The van der Waals surface area contributed by atoms with Gasteiger partial charge in [-0.05, 0) is 39.0 Å². The summed E-state index contributed by atoms with van der Waals surface area (Å²) in [6.07, 6.45) is -0.779. The van der Waals surface area contributed by atoms with Crippen LogP contribution in [0.3, 0.4) is 0 Å². The molecular weight excluding hydrogens is 255 g/mol. The van der Waals surface area contributed by atoms with E-state index in [9.17, 15) is 9.50 Å². The van der Waals surface area contributed by atoms with Crippen molar-refractivity contribution in [1.29, 1.82) is 0 Å². The molecule has 0 aliphatic carbocycles. The lowest BCUT2D eigenvalue weighted by molar-refractivity contribution is 0.198. The minimum absolute atomic E-state index is 0.387. The van der Waals surface area contributed by atoms with Gasteiger partial charge in [0.15, 0.2) is 0 Å². The molecule has 0 aliphatic heterocycles. The Morgan fingerprint density at radius 1 is 1.39 bits per heavy atom. The van der Waals surface area contributed by atoms with Gasteiger partial charge in [-0.15, -0.1) is 0 Å². The van der Waals surface area contributed by atoms with Crippen LogP contribution >= 0.6 is 11.6 Å². The molecule has 0 radical (unpaired) electrons. The lowest BCUT2D eigenvalue weighted by Gasteiger charge is -2.13. The van der Waals surface area contributed by atoms with Crippen LogP contribution in [0.25, 0.3) is 5.69 Å². The van der Waals surface area contributed by atoms with Gasteiger partial charge in [-0.2, -0.15) is 5.10 Å². The first-order chi connectivity index (χ1) is 8.41. The Kier molecular flexibility index (Phi) is 3.41. The maximum atomic E-state index is 13.2. The zero-order valence-corrected chi connectivity index (χ0v) is 11.2. The number of hydrogen-bond acceptors (Lipinski definition) is 2. The molecule has 2 aromatic rings. The molecule has 0 spiro atoms. The van der Waals surface area contributed by atoms with Crippen LogP contribution < -0.4 is 0 Å². The molecule has 1 atom stereocenters. The van der Waals surface area contributed by atoms with Gasteiger partial charge in [0.1, 0.15) is 5.82 Å². The second-order valence-corrected chi connectivity index (χ2v) is 4.65. The summed E-state index contributed by atoms with van der Waals surface area (Å²) in [5.41, 5.74) is 2.59. The maximum Gasteiger partial charge on any atom is 0.123 e. The van der Waals surface area contributed by atoms with Gasteiger partial charge in [-0.3, -0.25) is 0 Å². The van der Waals surface area contributed by atoms with Crippen molar-refractivity contribution in [1.82, 2.24) is 9.78 Å². The Balaban J connectivity index is 2.67. The summed E-state index contributed by atoms with van der Waals surface area (Å²) in [5, 5.41) is 14.6. The fourth-order valence-corrected chi connectivity index (χ4v) is 2.03. The molecule has 2 rings (SSSR count). The Morgan fingerprint density at radius 3 is 2.56 bits per heavy atom. The van der Waals surface area contributed by atoms with E-state index in [-0.39, 0.29) is 5.82 Å². The highest BCUT2D eigenvalue weighted by Gasteiger charge is 2.16. The molecular formula is C13H14ClFN2O. The van der Waals surface area contributed by atoms with Gasteiger partial charge in [0.05, 0.1) is 28.2 Å². The van der Waals surface area contributed by atoms with Gasteiger partial charge in [0, 0.05) is 5.56 Å². The zero-order valence-electron chi connectivity index (χ0n) is 10.4. The van der Waals surface area contributed by atoms with Crippen LogP contribution in [0.4, 0.5) is 4.39 Å². The predicted molar refractivity (Wildman–Crippen MR) is 68.6 cm³/mol. The number of halogens is 2. The lowest BCUT2D eigenvalue weighted by atomic mass is 10.1. The minimum atomic E-state index is -0.779. The molecule has 1 aromatic carbocycles. The molecule has 0 fully saturated rings. The highest BCUT2D eigenvalue weighted by atomic mass is 35.5. The summed E-state index contributed by atoms with van der Waals surface area (Å²) in [4.78, 5) is 0. The summed E-state index contributed by atoms with van der Waals surface area (Å²) in [7, 11) is 0. The Hall–Kier alpha value is -1.39. The first-order valence-corrected chi connectivity index (χ1v) is 5.99. The van der Waals surface area contributed by atoms with Crippen LogP contribution in [-0.4, -0.2) is 14.9 Å². The number of hydrogen-bond donors (Lipinski definition) is 1. The highest BCUT2D eigenvalue weighted by molar-refractivity contribution is 6.31. The van der Waals surface area contributed by atoms with Gasteiger partial charge < -0.3 is 5.11 Å². The molecule has 96 valence electrons. The first kappa shape index (κ1) is 13.1. The van der Waals surface area contributed by atoms with E-state index >= 15 is 0 Å². The normalized spacial score (nSPS) is 12.8. The van der Waals surface area contributed by atoms with E-state index in [4.69, 9.17) is 11.6 Å².